The summed E-state index contributed by atoms with van der Waals surface area (Å²) in [6, 6.07) is 4.97. The Morgan fingerprint density at radius 3 is 2.83 bits per heavy atom. The predicted molar refractivity (Wildman–Crippen MR) is 48.7 cm³/mol. The van der Waals surface area contributed by atoms with Gasteiger partial charge in [0.05, 0.1) is 0 Å². The molecule has 3 heteroatoms. The van der Waals surface area contributed by atoms with Crippen molar-refractivity contribution < 1.29 is 4.39 Å². The highest BCUT2D eigenvalue weighted by Crippen LogP contribution is 2.18. The van der Waals surface area contributed by atoms with Gasteiger partial charge in [-0.3, -0.25) is 0 Å². The van der Waals surface area contributed by atoms with Crippen molar-refractivity contribution >= 4 is 5.69 Å². The highest BCUT2D eigenvalue weighted by molar-refractivity contribution is 5.51. The number of hydrogen-bond donors (Lipinski definition) is 2. The fraction of sp³-hybridized carbons (Fsp3) is 0.333. The Morgan fingerprint density at radius 2 is 2.25 bits per heavy atom. The lowest BCUT2D eigenvalue weighted by Crippen LogP contribution is -2.07. The third-order valence-electron chi connectivity index (χ3n) is 1.78. The van der Waals surface area contributed by atoms with Crippen LogP contribution in [0, 0.1) is 5.82 Å². The molecule has 1 aromatic rings. The van der Waals surface area contributed by atoms with Gasteiger partial charge < -0.3 is 11.1 Å². The number of hydrogen-bond acceptors (Lipinski definition) is 2. The molecule has 0 aromatic heterocycles. The van der Waals surface area contributed by atoms with E-state index in [2.05, 4.69) is 5.32 Å². The molecule has 1 rings (SSSR count). The first-order valence-corrected chi connectivity index (χ1v) is 3.94. The van der Waals surface area contributed by atoms with Crippen LogP contribution in [0.1, 0.15) is 5.56 Å². The molecular formula is C9H13FN2. The summed E-state index contributed by atoms with van der Waals surface area (Å²) in [6.45, 7) is 0.468. The Morgan fingerprint density at radius 1 is 1.50 bits per heavy atom. The zero-order chi connectivity index (χ0) is 8.97. The average molecular weight is 168 g/mol. The number of nitrogens with one attached hydrogen (secondary N) is 1. The molecule has 0 aliphatic rings. The van der Waals surface area contributed by atoms with Crippen LogP contribution in [-0.2, 0) is 6.42 Å². The van der Waals surface area contributed by atoms with E-state index >= 15 is 0 Å². The van der Waals surface area contributed by atoms with E-state index in [-0.39, 0.29) is 5.82 Å². The third-order valence-corrected chi connectivity index (χ3v) is 1.78. The van der Waals surface area contributed by atoms with E-state index in [0.29, 0.717) is 18.5 Å². The molecular weight excluding hydrogens is 155 g/mol. The van der Waals surface area contributed by atoms with Crippen LogP contribution in [0.15, 0.2) is 18.2 Å². The Bertz CT molecular complexity index is 261. The normalized spacial score (nSPS) is 9.92. The van der Waals surface area contributed by atoms with Gasteiger partial charge in [0.25, 0.3) is 0 Å². The van der Waals surface area contributed by atoms with Crippen LogP contribution in [0.2, 0.25) is 0 Å². The van der Waals surface area contributed by atoms with Gasteiger partial charge in [-0.25, -0.2) is 4.39 Å². The van der Waals surface area contributed by atoms with Crippen molar-refractivity contribution in [1.82, 2.24) is 0 Å². The van der Waals surface area contributed by atoms with Crippen molar-refractivity contribution in [3.05, 3.63) is 29.6 Å². The summed E-state index contributed by atoms with van der Waals surface area (Å²) in [6.07, 6.45) is 0.572. The fourth-order valence-electron chi connectivity index (χ4n) is 1.19. The molecule has 3 N–H and O–H groups in total. The Labute approximate surface area is 71.6 Å². The van der Waals surface area contributed by atoms with Crippen LogP contribution in [0.25, 0.3) is 0 Å². The van der Waals surface area contributed by atoms with E-state index in [4.69, 9.17) is 5.73 Å². The third kappa shape index (κ3) is 1.74. The monoisotopic (exact) mass is 168 g/mol. The Kier molecular flexibility index (Phi) is 3.05. The number of benzene rings is 1. The van der Waals surface area contributed by atoms with Crippen LogP contribution < -0.4 is 11.1 Å². The summed E-state index contributed by atoms with van der Waals surface area (Å²) in [5.41, 5.74) is 6.85. The van der Waals surface area contributed by atoms with E-state index < -0.39 is 0 Å². The van der Waals surface area contributed by atoms with Gasteiger partial charge in [0.15, 0.2) is 0 Å². The van der Waals surface area contributed by atoms with Crippen molar-refractivity contribution in [3.63, 3.8) is 0 Å². The number of anilines is 1. The molecule has 0 unspecified atom stereocenters. The minimum atomic E-state index is -0.188. The van der Waals surface area contributed by atoms with Crippen LogP contribution in [0.5, 0.6) is 0 Å². The molecule has 0 atom stereocenters. The molecule has 0 fully saturated rings. The number of rotatable bonds is 3. The first kappa shape index (κ1) is 9.00. The second-order valence-electron chi connectivity index (χ2n) is 2.55. The molecule has 2 nitrogen and oxygen atoms in total. The van der Waals surface area contributed by atoms with Crippen molar-refractivity contribution in [1.29, 1.82) is 0 Å². The van der Waals surface area contributed by atoms with Gasteiger partial charge in [-0.05, 0) is 25.1 Å². The van der Waals surface area contributed by atoms with Crippen molar-refractivity contribution in [2.45, 2.75) is 6.42 Å². The second-order valence-corrected chi connectivity index (χ2v) is 2.55. The van der Waals surface area contributed by atoms with E-state index in [0.717, 1.165) is 5.69 Å². The number of nitrogens with two attached hydrogens (primary N) is 1. The van der Waals surface area contributed by atoms with E-state index in [1.54, 1.807) is 13.1 Å². The minimum Gasteiger partial charge on any atom is -0.388 e. The maximum absolute atomic E-state index is 13.1. The van der Waals surface area contributed by atoms with Gasteiger partial charge in [0, 0.05) is 18.3 Å². The summed E-state index contributed by atoms with van der Waals surface area (Å²) < 4.78 is 13.1. The van der Waals surface area contributed by atoms with Crippen LogP contribution in [-0.4, -0.2) is 13.6 Å². The lowest BCUT2D eigenvalue weighted by molar-refractivity contribution is 0.610. The lowest BCUT2D eigenvalue weighted by atomic mass is 10.1. The molecule has 0 saturated carbocycles. The SMILES string of the molecule is CNc1cccc(F)c1CCN. The first-order chi connectivity index (χ1) is 5.79. The summed E-state index contributed by atoms with van der Waals surface area (Å²) in [5, 5.41) is 2.93. The maximum atomic E-state index is 13.1. The van der Waals surface area contributed by atoms with Gasteiger partial charge in [0.2, 0.25) is 0 Å². The van der Waals surface area contributed by atoms with Crippen LogP contribution in [0.4, 0.5) is 10.1 Å². The highest BCUT2D eigenvalue weighted by atomic mass is 19.1. The maximum Gasteiger partial charge on any atom is 0.128 e. The summed E-state index contributed by atoms with van der Waals surface area (Å²) in [5.74, 6) is -0.188. The highest BCUT2D eigenvalue weighted by Gasteiger charge is 2.04. The Balaban J connectivity index is 3.02. The summed E-state index contributed by atoms with van der Waals surface area (Å²) in [4.78, 5) is 0. The largest absolute Gasteiger partial charge is 0.388 e. The molecule has 0 saturated heterocycles. The first-order valence-electron chi connectivity index (χ1n) is 3.94. The van der Waals surface area contributed by atoms with Crippen molar-refractivity contribution in [3.8, 4) is 0 Å². The van der Waals surface area contributed by atoms with Crippen LogP contribution >= 0.6 is 0 Å². The molecule has 12 heavy (non-hydrogen) atoms. The summed E-state index contributed by atoms with van der Waals surface area (Å²) >= 11 is 0. The molecule has 0 amide bonds. The molecule has 0 spiro atoms. The van der Waals surface area contributed by atoms with Crippen LogP contribution in [0.3, 0.4) is 0 Å². The minimum absolute atomic E-state index is 0.188. The molecule has 1 aromatic carbocycles. The quantitative estimate of drug-likeness (QED) is 0.715. The molecule has 0 heterocycles. The zero-order valence-corrected chi connectivity index (χ0v) is 7.10. The summed E-state index contributed by atoms with van der Waals surface area (Å²) in [7, 11) is 1.77. The Hall–Kier alpha value is -1.09. The van der Waals surface area contributed by atoms with E-state index in [1.165, 1.54) is 6.07 Å². The van der Waals surface area contributed by atoms with Gasteiger partial charge >= 0.3 is 0 Å². The average Bonchev–Trinajstić information content (AvgIpc) is 2.09. The molecule has 66 valence electrons. The second kappa shape index (κ2) is 4.07. The van der Waals surface area contributed by atoms with Gasteiger partial charge in [-0.2, -0.15) is 0 Å². The standard InChI is InChI=1S/C9H13FN2/c1-12-9-4-2-3-8(10)7(9)5-6-11/h2-4,12H,5-6,11H2,1H3. The smallest absolute Gasteiger partial charge is 0.128 e. The fourth-order valence-corrected chi connectivity index (χ4v) is 1.19. The molecule has 0 aliphatic carbocycles. The molecule has 0 aliphatic heterocycles. The van der Waals surface area contributed by atoms with Gasteiger partial charge in [-0.15, -0.1) is 0 Å². The van der Waals surface area contributed by atoms with Crippen molar-refractivity contribution in [2.24, 2.45) is 5.73 Å². The van der Waals surface area contributed by atoms with Crippen molar-refractivity contribution in [2.75, 3.05) is 18.9 Å². The van der Waals surface area contributed by atoms with E-state index in [1.807, 2.05) is 6.07 Å². The lowest BCUT2D eigenvalue weighted by Gasteiger charge is -2.08. The zero-order valence-electron chi connectivity index (χ0n) is 7.10. The topological polar surface area (TPSA) is 38.0 Å². The van der Waals surface area contributed by atoms with E-state index in [9.17, 15) is 4.39 Å². The number of halogens is 1. The molecule has 0 radical (unpaired) electrons. The molecule has 0 bridgehead atoms. The predicted octanol–water partition coefficient (Wildman–Crippen LogP) is 1.37. The van der Waals surface area contributed by atoms with Gasteiger partial charge in [0.1, 0.15) is 5.82 Å². The van der Waals surface area contributed by atoms with Gasteiger partial charge in [-0.1, -0.05) is 6.07 Å².